The number of anilines is 1. The minimum atomic E-state index is -0.229. The second-order valence-corrected chi connectivity index (χ2v) is 6.71. The van der Waals surface area contributed by atoms with Crippen molar-refractivity contribution < 1.29 is 14.0 Å². The van der Waals surface area contributed by atoms with Crippen LogP contribution in [0, 0.1) is 0 Å². The van der Waals surface area contributed by atoms with Gasteiger partial charge in [-0.05, 0) is 36.4 Å². The van der Waals surface area contributed by atoms with Gasteiger partial charge >= 0.3 is 6.03 Å². The van der Waals surface area contributed by atoms with Crippen molar-refractivity contribution in [2.45, 2.75) is 0 Å². The molecule has 0 bridgehead atoms. The van der Waals surface area contributed by atoms with Gasteiger partial charge < -0.3 is 19.5 Å². The van der Waals surface area contributed by atoms with Crippen LogP contribution in [0.3, 0.4) is 0 Å². The lowest BCUT2D eigenvalue weighted by Crippen LogP contribution is -2.51. The van der Waals surface area contributed by atoms with Crippen LogP contribution in [-0.4, -0.2) is 57.7 Å². The Labute approximate surface area is 166 Å². The predicted molar refractivity (Wildman–Crippen MR) is 104 cm³/mol. The topological polar surface area (TPSA) is 83.6 Å². The van der Waals surface area contributed by atoms with Crippen molar-refractivity contribution in [3.05, 3.63) is 65.8 Å². The van der Waals surface area contributed by atoms with Gasteiger partial charge in [0.1, 0.15) is 0 Å². The lowest BCUT2D eigenvalue weighted by Gasteiger charge is -2.34. The summed E-state index contributed by atoms with van der Waals surface area (Å²) >= 11 is 6.31. The molecular weight excluding hydrogens is 382 g/mol. The van der Waals surface area contributed by atoms with Crippen molar-refractivity contribution in [1.29, 1.82) is 0 Å². The molecule has 0 radical (unpaired) electrons. The molecule has 1 fully saturated rings. The molecule has 3 aromatic rings. The first kappa shape index (κ1) is 18.1. The number of hydrogen-bond donors (Lipinski definition) is 1. The molecule has 1 N–H and O–H groups in total. The molecular formula is C19H18ClN5O3. The first-order valence-corrected chi connectivity index (χ1v) is 9.18. The smallest absolute Gasteiger partial charge is 0.321 e. The lowest BCUT2D eigenvalue weighted by molar-refractivity contribution is 0.0640. The van der Waals surface area contributed by atoms with Crippen LogP contribution in [0.5, 0.6) is 0 Å². The quantitative estimate of drug-likeness (QED) is 0.733. The van der Waals surface area contributed by atoms with Crippen molar-refractivity contribution >= 4 is 29.2 Å². The summed E-state index contributed by atoms with van der Waals surface area (Å²) in [6.07, 6.45) is 4.94. The van der Waals surface area contributed by atoms with Crippen LogP contribution in [0.4, 0.5) is 10.5 Å². The van der Waals surface area contributed by atoms with Gasteiger partial charge in [0.05, 0.1) is 17.0 Å². The molecule has 8 nitrogen and oxygen atoms in total. The summed E-state index contributed by atoms with van der Waals surface area (Å²) in [4.78, 5) is 28.2. The molecule has 2 aromatic heterocycles. The third-order valence-corrected chi connectivity index (χ3v) is 4.84. The Hall–Kier alpha value is -3.26. The molecule has 0 aliphatic carbocycles. The maximum Gasteiger partial charge on any atom is 0.321 e. The number of urea groups is 1. The number of rotatable bonds is 3. The molecule has 3 amide bonds. The number of carbonyl (C=O) groups is 2. The van der Waals surface area contributed by atoms with Crippen LogP contribution < -0.4 is 5.32 Å². The van der Waals surface area contributed by atoms with Crippen molar-refractivity contribution in [1.82, 2.24) is 19.6 Å². The monoisotopic (exact) mass is 399 g/mol. The molecule has 3 heterocycles. The standard InChI is InChI=1S/C19H18ClN5O3/c20-15-13-14(4-5-16(15)25-7-2-6-21-25)22-19(27)24-10-8-23(9-11-24)18(26)17-3-1-12-28-17/h1-7,12-13H,8-11H2,(H,22,27). The van der Waals surface area contributed by atoms with Gasteiger partial charge in [0.2, 0.25) is 0 Å². The molecule has 9 heteroatoms. The summed E-state index contributed by atoms with van der Waals surface area (Å²) in [7, 11) is 0. The number of carbonyl (C=O) groups excluding carboxylic acids is 2. The molecule has 1 aliphatic heterocycles. The third kappa shape index (κ3) is 3.72. The first-order chi connectivity index (χ1) is 13.6. The number of benzene rings is 1. The van der Waals surface area contributed by atoms with Crippen LogP contribution >= 0.6 is 11.6 Å². The van der Waals surface area contributed by atoms with Gasteiger partial charge in [0, 0.05) is 44.3 Å². The van der Waals surface area contributed by atoms with Crippen molar-refractivity contribution in [2.75, 3.05) is 31.5 Å². The van der Waals surface area contributed by atoms with Crippen molar-refractivity contribution in [3.63, 3.8) is 0 Å². The predicted octanol–water partition coefficient (Wildman–Crippen LogP) is 3.11. The number of amides is 3. The van der Waals surface area contributed by atoms with Crippen molar-refractivity contribution in [2.24, 2.45) is 0 Å². The van der Waals surface area contributed by atoms with E-state index in [1.807, 2.05) is 6.07 Å². The molecule has 0 spiro atoms. The van der Waals surface area contributed by atoms with E-state index in [4.69, 9.17) is 16.0 Å². The van der Waals surface area contributed by atoms with Crippen LogP contribution in [0.15, 0.2) is 59.5 Å². The fourth-order valence-electron chi connectivity index (χ4n) is 3.05. The van der Waals surface area contributed by atoms with Gasteiger partial charge in [-0.1, -0.05) is 11.6 Å². The van der Waals surface area contributed by atoms with Gasteiger partial charge in [-0.15, -0.1) is 0 Å². The van der Waals surface area contributed by atoms with Gasteiger partial charge in [-0.25, -0.2) is 9.48 Å². The average molecular weight is 400 g/mol. The number of furan rings is 1. The fraction of sp³-hybridized carbons (Fsp3) is 0.211. The summed E-state index contributed by atoms with van der Waals surface area (Å²) in [6.45, 7) is 1.78. The van der Waals surface area contributed by atoms with Gasteiger partial charge in [-0.3, -0.25) is 4.79 Å². The molecule has 0 unspecified atom stereocenters. The maximum atomic E-state index is 12.5. The highest BCUT2D eigenvalue weighted by Gasteiger charge is 2.26. The molecule has 1 aromatic carbocycles. The van der Waals surface area contributed by atoms with Gasteiger partial charge in [0.25, 0.3) is 5.91 Å². The summed E-state index contributed by atoms with van der Waals surface area (Å²) < 4.78 is 6.80. The summed E-state index contributed by atoms with van der Waals surface area (Å²) in [5.74, 6) is 0.149. The zero-order chi connectivity index (χ0) is 19.5. The fourth-order valence-corrected chi connectivity index (χ4v) is 3.32. The Morgan fingerprint density at radius 3 is 2.50 bits per heavy atom. The first-order valence-electron chi connectivity index (χ1n) is 8.80. The van der Waals surface area contributed by atoms with E-state index in [1.165, 1.54) is 6.26 Å². The van der Waals surface area contributed by atoms with E-state index < -0.39 is 0 Å². The van der Waals surface area contributed by atoms with Crippen molar-refractivity contribution in [3.8, 4) is 5.69 Å². The SMILES string of the molecule is O=C(Nc1ccc(-n2cccn2)c(Cl)c1)N1CCN(C(=O)c2ccco2)CC1. The third-order valence-electron chi connectivity index (χ3n) is 4.54. The zero-order valence-electron chi connectivity index (χ0n) is 14.9. The summed E-state index contributed by atoms with van der Waals surface area (Å²) in [6, 6.07) is 10.2. The number of aromatic nitrogens is 2. The van der Waals surface area contributed by atoms with E-state index in [2.05, 4.69) is 10.4 Å². The summed E-state index contributed by atoms with van der Waals surface area (Å²) in [5, 5.41) is 7.48. The molecule has 0 atom stereocenters. The van der Waals surface area contributed by atoms with E-state index in [0.29, 0.717) is 42.6 Å². The van der Waals surface area contributed by atoms with E-state index >= 15 is 0 Å². The molecule has 1 aliphatic rings. The number of hydrogen-bond acceptors (Lipinski definition) is 4. The minimum Gasteiger partial charge on any atom is -0.459 e. The number of piperazine rings is 1. The molecule has 1 saturated heterocycles. The Bertz CT molecular complexity index is 964. The minimum absolute atomic E-state index is 0.161. The molecule has 28 heavy (non-hydrogen) atoms. The van der Waals surface area contributed by atoms with Crippen LogP contribution in [-0.2, 0) is 0 Å². The average Bonchev–Trinajstić information content (AvgIpc) is 3.42. The van der Waals surface area contributed by atoms with Gasteiger partial charge in [-0.2, -0.15) is 5.10 Å². The second kappa shape index (κ2) is 7.77. The number of nitrogens with zero attached hydrogens (tertiary/aromatic N) is 4. The number of nitrogens with one attached hydrogen (secondary N) is 1. The maximum absolute atomic E-state index is 12.5. The van der Waals surface area contributed by atoms with Crippen LogP contribution in [0.25, 0.3) is 5.69 Å². The highest BCUT2D eigenvalue weighted by Crippen LogP contribution is 2.24. The molecule has 4 rings (SSSR count). The lowest BCUT2D eigenvalue weighted by atomic mass is 10.2. The normalized spacial score (nSPS) is 14.2. The van der Waals surface area contributed by atoms with E-state index in [-0.39, 0.29) is 11.9 Å². The van der Waals surface area contributed by atoms with E-state index in [1.54, 1.807) is 57.2 Å². The highest BCUT2D eigenvalue weighted by atomic mass is 35.5. The molecule has 0 saturated carbocycles. The van der Waals surface area contributed by atoms with Crippen LogP contribution in [0.2, 0.25) is 5.02 Å². The van der Waals surface area contributed by atoms with E-state index in [9.17, 15) is 9.59 Å². The summed E-state index contributed by atoms with van der Waals surface area (Å²) in [5.41, 5.74) is 1.33. The zero-order valence-corrected chi connectivity index (χ0v) is 15.7. The Morgan fingerprint density at radius 2 is 1.86 bits per heavy atom. The Balaban J connectivity index is 1.35. The van der Waals surface area contributed by atoms with Gasteiger partial charge in [0.15, 0.2) is 5.76 Å². The largest absolute Gasteiger partial charge is 0.459 e. The van der Waals surface area contributed by atoms with Crippen LogP contribution in [0.1, 0.15) is 10.6 Å². The second-order valence-electron chi connectivity index (χ2n) is 6.30. The number of halogens is 1. The molecule has 144 valence electrons. The van der Waals surface area contributed by atoms with E-state index in [0.717, 1.165) is 5.69 Å². The Kier molecular flexibility index (Phi) is 5.03. The highest BCUT2D eigenvalue weighted by molar-refractivity contribution is 6.32. The Morgan fingerprint density at radius 1 is 1.07 bits per heavy atom.